The van der Waals surface area contributed by atoms with Crippen molar-refractivity contribution in [2.24, 2.45) is 0 Å². The molecule has 0 radical (unpaired) electrons. The van der Waals surface area contributed by atoms with Gasteiger partial charge in [-0.1, -0.05) is 66.2 Å². The second-order valence-electron chi connectivity index (χ2n) is 9.26. The zero-order valence-corrected chi connectivity index (χ0v) is 23.9. The van der Waals surface area contributed by atoms with Crippen molar-refractivity contribution in [2.45, 2.75) is 25.4 Å². The lowest BCUT2D eigenvalue weighted by Crippen LogP contribution is -2.53. The molecule has 0 bridgehead atoms. The van der Waals surface area contributed by atoms with Gasteiger partial charge in [0, 0.05) is 31.6 Å². The molecule has 10 heteroatoms. The summed E-state index contributed by atoms with van der Waals surface area (Å²) in [5, 5.41) is 3.52. The average molecular weight is 572 g/mol. The molecule has 208 valence electrons. The number of nitrogens with zero attached hydrogens (tertiary/aromatic N) is 2. The van der Waals surface area contributed by atoms with E-state index in [9.17, 15) is 18.0 Å². The first-order valence-electron chi connectivity index (χ1n) is 12.5. The Hall–Kier alpha value is -3.40. The Morgan fingerprint density at radius 2 is 1.54 bits per heavy atom. The highest BCUT2D eigenvalue weighted by molar-refractivity contribution is 7.88. The molecule has 1 unspecified atom stereocenters. The number of methoxy groups -OCH3 is 1. The highest BCUT2D eigenvalue weighted by atomic mass is 35.5. The van der Waals surface area contributed by atoms with Gasteiger partial charge in [0.1, 0.15) is 11.8 Å². The number of sulfonamides is 1. The molecule has 0 aliphatic rings. The number of carbonyl (C=O) groups is 2. The average Bonchev–Trinajstić information content (AvgIpc) is 2.92. The van der Waals surface area contributed by atoms with Crippen LogP contribution in [-0.4, -0.2) is 69.0 Å². The molecule has 0 saturated heterocycles. The van der Waals surface area contributed by atoms with E-state index in [0.29, 0.717) is 18.0 Å². The van der Waals surface area contributed by atoms with Gasteiger partial charge in [0.2, 0.25) is 21.8 Å². The molecule has 8 nitrogen and oxygen atoms in total. The largest absolute Gasteiger partial charge is 0.497 e. The second kappa shape index (κ2) is 14.1. The molecule has 0 fully saturated rings. The third-order valence-corrected chi connectivity index (χ3v) is 7.85. The fourth-order valence-corrected chi connectivity index (χ4v) is 4.45. The molecule has 39 heavy (non-hydrogen) atoms. The normalized spacial score (nSPS) is 12.1. The Bertz CT molecular complexity index is 1330. The van der Waals surface area contributed by atoms with E-state index in [4.69, 9.17) is 16.3 Å². The van der Waals surface area contributed by atoms with Crippen LogP contribution in [0.1, 0.15) is 16.7 Å². The summed E-state index contributed by atoms with van der Waals surface area (Å²) in [6.07, 6.45) is 1.89. The van der Waals surface area contributed by atoms with Crippen LogP contribution in [0, 0.1) is 0 Å². The molecule has 1 N–H and O–H groups in total. The van der Waals surface area contributed by atoms with E-state index >= 15 is 0 Å². The SMILES string of the molecule is COc1ccc(CCNC(=O)C(Cc2ccccc2)N(Cc2ccc(Cl)cc2)C(=O)CN(C)S(C)(=O)=O)cc1. The fourth-order valence-electron chi connectivity index (χ4n) is 3.98. The predicted molar refractivity (Wildman–Crippen MR) is 153 cm³/mol. The number of rotatable bonds is 13. The van der Waals surface area contributed by atoms with E-state index in [1.165, 1.54) is 11.9 Å². The summed E-state index contributed by atoms with van der Waals surface area (Å²) < 4.78 is 30.3. The number of hydrogen-bond donors (Lipinski definition) is 1. The molecule has 2 amide bonds. The maximum absolute atomic E-state index is 13.6. The Morgan fingerprint density at radius 1 is 0.923 bits per heavy atom. The number of amides is 2. The van der Waals surface area contributed by atoms with Crippen LogP contribution in [-0.2, 0) is 39.0 Å². The van der Waals surface area contributed by atoms with E-state index in [1.807, 2.05) is 54.6 Å². The van der Waals surface area contributed by atoms with Crippen molar-refractivity contribution in [2.75, 3.05) is 33.5 Å². The quantitative estimate of drug-likeness (QED) is 0.338. The first kappa shape index (κ1) is 30.1. The Balaban J connectivity index is 1.87. The maximum atomic E-state index is 13.6. The van der Waals surface area contributed by atoms with Crippen molar-refractivity contribution in [3.63, 3.8) is 0 Å². The Labute approximate surface area is 235 Å². The van der Waals surface area contributed by atoms with E-state index in [1.54, 1.807) is 31.4 Å². The van der Waals surface area contributed by atoms with Gasteiger partial charge in [-0.15, -0.1) is 0 Å². The van der Waals surface area contributed by atoms with E-state index in [2.05, 4.69) is 5.32 Å². The molecule has 0 aliphatic heterocycles. The van der Waals surface area contributed by atoms with Crippen molar-refractivity contribution in [1.82, 2.24) is 14.5 Å². The number of nitrogens with one attached hydrogen (secondary N) is 1. The first-order valence-corrected chi connectivity index (χ1v) is 14.7. The molecule has 0 aromatic heterocycles. The van der Waals surface area contributed by atoms with Crippen molar-refractivity contribution < 1.29 is 22.7 Å². The molecule has 1 atom stereocenters. The van der Waals surface area contributed by atoms with Gasteiger partial charge in [-0.25, -0.2) is 8.42 Å². The Kier molecular flexibility index (Phi) is 10.9. The van der Waals surface area contributed by atoms with Crippen molar-refractivity contribution in [3.05, 3.63) is 101 Å². The van der Waals surface area contributed by atoms with E-state index in [-0.39, 0.29) is 18.9 Å². The number of halogens is 1. The number of carbonyl (C=O) groups excluding carboxylic acids is 2. The van der Waals surface area contributed by atoms with Crippen LogP contribution >= 0.6 is 11.6 Å². The van der Waals surface area contributed by atoms with Crippen LogP contribution in [0.25, 0.3) is 0 Å². The zero-order valence-electron chi connectivity index (χ0n) is 22.3. The lowest BCUT2D eigenvalue weighted by Gasteiger charge is -2.32. The van der Waals surface area contributed by atoms with Gasteiger partial charge < -0.3 is 15.0 Å². The highest BCUT2D eigenvalue weighted by Gasteiger charge is 2.31. The lowest BCUT2D eigenvalue weighted by atomic mass is 10.0. The maximum Gasteiger partial charge on any atom is 0.243 e. The fraction of sp³-hybridized carbons (Fsp3) is 0.310. The van der Waals surface area contributed by atoms with Gasteiger partial charge in [-0.05, 0) is 47.4 Å². The van der Waals surface area contributed by atoms with Crippen LogP contribution < -0.4 is 10.1 Å². The van der Waals surface area contributed by atoms with Crippen LogP contribution in [0.4, 0.5) is 0 Å². The summed E-state index contributed by atoms with van der Waals surface area (Å²) in [7, 11) is -0.660. The van der Waals surface area contributed by atoms with Crippen molar-refractivity contribution in [3.8, 4) is 5.75 Å². The van der Waals surface area contributed by atoms with Gasteiger partial charge in [0.05, 0.1) is 19.9 Å². The van der Waals surface area contributed by atoms with Gasteiger partial charge in [0.25, 0.3) is 0 Å². The van der Waals surface area contributed by atoms with E-state index in [0.717, 1.165) is 33.0 Å². The topological polar surface area (TPSA) is 96.0 Å². The van der Waals surface area contributed by atoms with Crippen LogP contribution in [0.15, 0.2) is 78.9 Å². The molecule has 0 aliphatic carbocycles. The second-order valence-corrected chi connectivity index (χ2v) is 11.8. The molecular formula is C29H34ClN3O5S. The highest BCUT2D eigenvalue weighted by Crippen LogP contribution is 2.18. The molecule has 0 saturated carbocycles. The van der Waals surface area contributed by atoms with Gasteiger partial charge in [0.15, 0.2) is 0 Å². The Morgan fingerprint density at radius 3 is 2.13 bits per heavy atom. The number of likely N-dealkylation sites (N-methyl/N-ethyl adjacent to an activating group) is 1. The number of ether oxygens (including phenoxy) is 1. The van der Waals surface area contributed by atoms with Crippen LogP contribution in [0.3, 0.4) is 0 Å². The monoisotopic (exact) mass is 571 g/mol. The third-order valence-electron chi connectivity index (χ3n) is 6.33. The number of hydrogen-bond acceptors (Lipinski definition) is 5. The molecule has 0 heterocycles. The minimum Gasteiger partial charge on any atom is -0.497 e. The molecule has 3 aromatic rings. The van der Waals surface area contributed by atoms with Crippen molar-refractivity contribution in [1.29, 1.82) is 0 Å². The summed E-state index contributed by atoms with van der Waals surface area (Å²) in [6, 6.07) is 23.1. The summed E-state index contributed by atoms with van der Waals surface area (Å²) in [6.45, 7) is 0.0799. The third kappa shape index (κ3) is 9.38. The molecule has 3 aromatic carbocycles. The summed E-state index contributed by atoms with van der Waals surface area (Å²) in [4.78, 5) is 28.6. The van der Waals surface area contributed by atoms with Gasteiger partial charge in [-0.2, -0.15) is 4.31 Å². The van der Waals surface area contributed by atoms with Crippen molar-refractivity contribution >= 4 is 33.4 Å². The van der Waals surface area contributed by atoms with E-state index < -0.39 is 28.5 Å². The van der Waals surface area contributed by atoms with Crippen LogP contribution in [0.2, 0.25) is 5.02 Å². The predicted octanol–water partition coefficient (Wildman–Crippen LogP) is 3.54. The molecule has 3 rings (SSSR count). The molecule has 0 spiro atoms. The summed E-state index contributed by atoms with van der Waals surface area (Å²) in [5.74, 6) is -0.0538. The van der Waals surface area contributed by atoms with Gasteiger partial charge in [-0.3, -0.25) is 9.59 Å². The summed E-state index contributed by atoms with van der Waals surface area (Å²) >= 11 is 6.05. The zero-order chi connectivity index (χ0) is 28.4. The molecular weight excluding hydrogens is 538 g/mol. The standard InChI is InChI=1S/C29H34ClN3O5S/c1-32(39(3,36)37)21-28(34)33(20-24-9-13-25(30)14-10-24)27(19-23-7-5-4-6-8-23)29(35)31-18-17-22-11-15-26(38-2)16-12-22/h4-16,27H,17-21H2,1-3H3,(H,31,35). The number of benzene rings is 3. The summed E-state index contributed by atoms with van der Waals surface area (Å²) in [5.41, 5.74) is 2.66. The lowest BCUT2D eigenvalue weighted by molar-refractivity contribution is -0.141. The smallest absolute Gasteiger partial charge is 0.243 e. The minimum absolute atomic E-state index is 0.108. The van der Waals surface area contributed by atoms with Gasteiger partial charge >= 0.3 is 0 Å². The minimum atomic E-state index is -3.61. The first-order chi connectivity index (χ1) is 18.6. The van der Waals surface area contributed by atoms with Crippen LogP contribution in [0.5, 0.6) is 5.75 Å².